The van der Waals surface area contributed by atoms with Gasteiger partial charge in [0.15, 0.2) is 0 Å². The summed E-state index contributed by atoms with van der Waals surface area (Å²) in [4.78, 5) is 2.34. The number of nitrogens with zero attached hydrogens (tertiary/aromatic N) is 1. The standard InChI is InChI=1S/C21H30F3N3O.ClH/c22-21(23,24)16-6-4-15(5-7-16)12-27-10-8-17(13-27)26-19-3-1-2-18(19)20-14-28-11-9-25-20;/h4-7,17-20,25-26H,1-3,8-14H2;1H. The molecule has 4 unspecified atom stereocenters. The highest BCUT2D eigenvalue weighted by atomic mass is 35.5. The molecule has 4 atom stereocenters. The van der Waals surface area contributed by atoms with E-state index in [9.17, 15) is 13.2 Å². The molecule has 3 aliphatic rings. The normalized spacial score (nSPS) is 31.0. The first kappa shape index (κ1) is 22.8. The Morgan fingerprint density at radius 2 is 1.93 bits per heavy atom. The predicted molar refractivity (Wildman–Crippen MR) is 109 cm³/mol. The van der Waals surface area contributed by atoms with Gasteiger partial charge in [0.2, 0.25) is 0 Å². The van der Waals surface area contributed by atoms with Crippen LogP contribution >= 0.6 is 12.4 Å². The molecule has 1 saturated carbocycles. The van der Waals surface area contributed by atoms with Crippen molar-refractivity contribution in [3.05, 3.63) is 35.4 Å². The molecular weight excluding hydrogens is 403 g/mol. The van der Waals surface area contributed by atoms with E-state index in [4.69, 9.17) is 4.74 Å². The van der Waals surface area contributed by atoms with E-state index in [2.05, 4.69) is 15.5 Å². The van der Waals surface area contributed by atoms with E-state index in [1.807, 2.05) is 0 Å². The fourth-order valence-corrected chi connectivity index (χ4v) is 5.01. The van der Waals surface area contributed by atoms with E-state index < -0.39 is 11.7 Å². The van der Waals surface area contributed by atoms with Gasteiger partial charge in [-0.25, -0.2) is 0 Å². The van der Waals surface area contributed by atoms with Gasteiger partial charge >= 0.3 is 6.18 Å². The Kier molecular flexibility index (Phi) is 7.84. The van der Waals surface area contributed by atoms with Gasteiger partial charge in [-0.1, -0.05) is 18.6 Å². The molecule has 0 aromatic heterocycles. The number of hydrogen-bond donors (Lipinski definition) is 2. The maximum Gasteiger partial charge on any atom is 0.416 e. The van der Waals surface area contributed by atoms with Gasteiger partial charge in [0, 0.05) is 44.3 Å². The monoisotopic (exact) mass is 433 g/mol. The van der Waals surface area contributed by atoms with Gasteiger partial charge in [-0.15, -0.1) is 12.4 Å². The number of morpholine rings is 1. The topological polar surface area (TPSA) is 36.5 Å². The third-order valence-electron chi connectivity index (χ3n) is 6.45. The first-order valence-electron chi connectivity index (χ1n) is 10.4. The lowest BCUT2D eigenvalue weighted by Crippen LogP contribution is -2.52. The van der Waals surface area contributed by atoms with Gasteiger partial charge < -0.3 is 15.4 Å². The zero-order valence-corrected chi connectivity index (χ0v) is 17.4. The number of benzene rings is 1. The lowest BCUT2D eigenvalue weighted by molar-refractivity contribution is -0.137. The van der Waals surface area contributed by atoms with E-state index >= 15 is 0 Å². The first-order chi connectivity index (χ1) is 13.5. The van der Waals surface area contributed by atoms with Crippen LogP contribution in [0.15, 0.2) is 24.3 Å². The Hall–Kier alpha value is -0.860. The number of alkyl halides is 3. The van der Waals surface area contributed by atoms with Crippen LogP contribution in [0.5, 0.6) is 0 Å². The van der Waals surface area contributed by atoms with E-state index in [1.54, 1.807) is 12.1 Å². The van der Waals surface area contributed by atoms with Crippen molar-refractivity contribution in [2.24, 2.45) is 5.92 Å². The molecule has 8 heteroatoms. The smallest absolute Gasteiger partial charge is 0.379 e. The Morgan fingerprint density at radius 3 is 2.62 bits per heavy atom. The number of likely N-dealkylation sites (tertiary alicyclic amines) is 1. The highest BCUT2D eigenvalue weighted by molar-refractivity contribution is 5.85. The lowest BCUT2D eigenvalue weighted by Gasteiger charge is -2.34. The summed E-state index contributed by atoms with van der Waals surface area (Å²) in [6.45, 7) is 5.22. The van der Waals surface area contributed by atoms with Crippen LogP contribution in [0.2, 0.25) is 0 Å². The summed E-state index contributed by atoms with van der Waals surface area (Å²) < 4.78 is 43.8. The molecule has 2 N–H and O–H groups in total. The van der Waals surface area contributed by atoms with E-state index in [0.717, 1.165) is 44.8 Å². The van der Waals surface area contributed by atoms with Crippen molar-refractivity contribution >= 4 is 12.4 Å². The van der Waals surface area contributed by atoms with Crippen LogP contribution in [0.4, 0.5) is 13.2 Å². The third-order valence-corrected chi connectivity index (χ3v) is 6.45. The summed E-state index contributed by atoms with van der Waals surface area (Å²) in [5.41, 5.74) is 0.362. The Bertz CT molecular complexity index is 637. The largest absolute Gasteiger partial charge is 0.416 e. The van der Waals surface area contributed by atoms with Crippen molar-refractivity contribution in [2.45, 2.75) is 56.5 Å². The summed E-state index contributed by atoms with van der Waals surface area (Å²) in [6.07, 6.45) is 0.567. The number of rotatable bonds is 5. The second-order valence-corrected chi connectivity index (χ2v) is 8.42. The molecule has 0 radical (unpaired) electrons. The van der Waals surface area contributed by atoms with E-state index in [1.165, 1.54) is 31.4 Å². The van der Waals surface area contributed by atoms with Gasteiger partial charge in [0.25, 0.3) is 0 Å². The maximum atomic E-state index is 12.7. The van der Waals surface area contributed by atoms with Crippen LogP contribution in [0.1, 0.15) is 36.8 Å². The van der Waals surface area contributed by atoms with Crippen molar-refractivity contribution in [1.29, 1.82) is 0 Å². The quantitative estimate of drug-likeness (QED) is 0.745. The van der Waals surface area contributed by atoms with Gasteiger partial charge in [-0.05, 0) is 42.9 Å². The van der Waals surface area contributed by atoms with Crippen LogP contribution < -0.4 is 10.6 Å². The molecule has 3 fully saturated rings. The molecule has 2 heterocycles. The van der Waals surface area contributed by atoms with Crippen LogP contribution in [0.25, 0.3) is 0 Å². The van der Waals surface area contributed by atoms with Crippen molar-refractivity contribution < 1.29 is 17.9 Å². The maximum absolute atomic E-state index is 12.7. The molecular formula is C21H31ClF3N3O. The minimum Gasteiger partial charge on any atom is -0.379 e. The highest BCUT2D eigenvalue weighted by Gasteiger charge is 2.36. The van der Waals surface area contributed by atoms with E-state index in [0.29, 0.717) is 30.6 Å². The Morgan fingerprint density at radius 1 is 1.14 bits per heavy atom. The molecule has 4 rings (SSSR count). The number of nitrogens with one attached hydrogen (secondary N) is 2. The Balaban J connectivity index is 0.00000240. The minimum atomic E-state index is -4.27. The van der Waals surface area contributed by atoms with Gasteiger partial charge in [-0.3, -0.25) is 4.90 Å². The zero-order valence-electron chi connectivity index (χ0n) is 16.6. The molecule has 4 nitrogen and oxygen atoms in total. The zero-order chi connectivity index (χ0) is 19.6. The third kappa shape index (κ3) is 5.85. The van der Waals surface area contributed by atoms with Crippen LogP contribution in [-0.4, -0.2) is 55.9 Å². The molecule has 1 aromatic carbocycles. The number of halogens is 4. The van der Waals surface area contributed by atoms with Gasteiger partial charge in [0.1, 0.15) is 0 Å². The average Bonchev–Trinajstić information content (AvgIpc) is 3.32. The molecule has 0 bridgehead atoms. The van der Waals surface area contributed by atoms with Crippen molar-refractivity contribution in [3.8, 4) is 0 Å². The van der Waals surface area contributed by atoms with Crippen molar-refractivity contribution in [2.75, 3.05) is 32.8 Å². The summed E-state index contributed by atoms with van der Waals surface area (Å²) in [7, 11) is 0. The molecule has 0 amide bonds. The molecule has 1 aromatic rings. The van der Waals surface area contributed by atoms with Crippen molar-refractivity contribution in [3.63, 3.8) is 0 Å². The fourth-order valence-electron chi connectivity index (χ4n) is 5.01. The van der Waals surface area contributed by atoms with Crippen LogP contribution in [-0.2, 0) is 17.5 Å². The summed E-state index contributed by atoms with van der Waals surface area (Å²) >= 11 is 0. The first-order valence-corrected chi connectivity index (χ1v) is 10.4. The lowest BCUT2D eigenvalue weighted by atomic mass is 9.93. The fraction of sp³-hybridized carbons (Fsp3) is 0.714. The summed E-state index contributed by atoms with van der Waals surface area (Å²) in [6, 6.07) is 7.03. The molecule has 164 valence electrons. The molecule has 0 spiro atoms. The molecule has 2 saturated heterocycles. The Labute approximate surface area is 177 Å². The number of hydrogen-bond acceptors (Lipinski definition) is 4. The SMILES string of the molecule is Cl.FC(F)(F)c1ccc(CN2CCC(NC3CCCC3C3COCCN3)C2)cc1. The van der Waals surface area contributed by atoms with Crippen LogP contribution in [0, 0.1) is 5.92 Å². The molecule has 29 heavy (non-hydrogen) atoms. The summed E-state index contributed by atoms with van der Waals surface area (Å²) in [5, 5.41) is 7.50. The number of ether oxygens (including phenoxy) is 1. The van der Waals surface area contributed by atoms with E-state index in [-0.39, 0.29) is 12.4 Å². The summed E-state index contributed by atoms with van der Waals surface area (Å²) in [5.74, 6) is 0.629. The second-order valence-electron chi connectivity index (χ2n) is 8.42. The second kappa shape index (κ2) is 9.96. The predicted octanol–water partition coefficient (Wildman–Crippen LogP) is 3.45. The molecule has 1 aliphatic carbocycles. The molecule has 2 aliphatic heterocycles. The van der Waals surface area contributed by atoms with Gasteiger partial charge in [-0.2, -0.15) is 13.2 Å². The van der Waals surface area contributed by atoms with Gasteiger partial charge in [0.05, 0.1) is 18.8 Å². The highest BCUT2D eigenvalue weighted by Crippen LogP contribution is 2.31. The van der Waals surface area contributed by atoms with Crippen molar-refractivity contribution in [1.82, 2.24) is 15.5 Å². The average molecular weight is 434 g/mol. The minimum absolute atomic E-state index is 0. The van der Waals surface area contributed by atoms with Crippen LogP contribution in [0.3, 0.4) is 0 Å².